The fraction of sp³-hybridized carbons (Fsp3) is 0.0517. The van der Waals surface area contributed by atoms with E-state index < -0.39 is 0 Å². The Labute approximate surface area is 360 Å². The first kappa shape index (κ1) is 36.1. The van der Waals surface area contributed by atoms with E-state index in [1.807, 2.05) is 0 Å². The lowest BCUT2D eigenvalue weighted by atomic mass is 9.88. The summed E-state index contributed by atoms with van der Waals surface area (Å²) in [4.78, 5) is 7.74. The van der Waals surface area contributed by atoms with E-state index in [0.29, 0.717) is 0 Å². The minimum atomic E-state index is -0.200. The van der Waals surface area contributed by atoms with Gasteiger partial charge in [0.05, 0.1) is 0 Å². The Kier molecular flexibility index (Phi) is 8.58. The van der Waals surface area contributed by atoms with Crippen LogP contribution in [0.4, 0.5) is 0 Å². The molecule has 2 atom stereocenters. The van der Waals surface area contributed by atoms with Gasteiger partial charge in [0.25, 0.3) is 0 Å². The van der Waals surface area contributed by atoms with E-state index in [9.17, 15) is 0 Å². The largest absolute Gasteiger partial charge is 0.456 e. The Morgan fingerprint density at radius 1 is 0.435 bits per heavy atom. The summed E-state index contributed by atoms with van der Waals surface area (Å²) in [6.07, 6.45) is -0.377. The molecule has 0 saturated carbocycles. The van der Waals surface area contributed by atoms with Gasteiger partial charge >= 0.3 is 0 Å². The van der Waals surface area contributed by atoms with Gasteiger partial charge in [0.2, 0.25) is 0 Å². The van der Waals surface area contributed by atoms with E-state index >= 15 is 0 Å². The molecule has 0 spiro atoms. The van der Waals surface area contributed by atoms with E-state index in [0.717, 1.165) is 61.0 Å². The molecule has 1 aromatic heterocycles. The average Bonchev–Trinajstić information content (AvgIpc) is 3.70. The van der Waals surface area contributed by atoms with Crippen molar-refractivity contribution >= 4 is 60.1 Å². The van der Waals surface area contributed by atoms with Gasteiger partial charge < -0.3 is 9.73 Å². The van der Waals surface area contributed by atoms with Crippen molar-refractivity contribution in [3.8, 4) is 33.4 Å². The second kappa shape index (κ2) is 14.7. The van der Waals surface area contributed by atoms with Crippen LogP contribution in [0.3, 0.4) is 0 Å². The highest BCUT2D eigenvalue weighted by molar-refractivity contribution is 6.19. The topological polar surface area (TPSA) is 40.8 Å². The molecular formula is C58H41N3O. The van der Waals surface area contributed by atoms with Crippen LogP contribution in [0.2, 0.25) is 0 Å². The Morgan fingerprint density at radius 2 is 1.06 bits per heavy atom. The summed E-state index contributed by atoms with van der Waals surface area (Å²) in [5, 5.41) is 13.3. The van der Waals surface area contributed by atoms with Crippen LogP contribution < -0.4 is 5.32 Å². The minimum Gasteiger partial charge on any atom is -0.456 e. The lowest BCUT2D eigenvalue weighted by molar-refractivity contribution is 0.153. The number of nitrogens with one attached hydrogen (secondary N) is 1. The first-order valence-electron chi connectivity index (χ1n) is 21.3. The molecule has 0 radical (unpaired) electrons. The SMILES string of the molecule is CN1C(c2ccccc2)N=C(c2ccc(-c3ccccc3)cc2)NC1c1ccc(-c2cc(-c3cccc4ccccc34)cc3oc4cc5ccccc5cc4c23)c2ccccc12. The molecule has 11 aromatic rings. The summed E-state index contributed by atoms with van der Waals surface area (Å²) >= 11 is 0. The number of nitrogens with zero attached hydrogens (tertiary/aromatic N) is 2. The van der Waals surface area contributed by atoms with E-state index in [2.05, 4.69) is 230 Å². The van der Waals surface area contributed by atoms with Crippen molar-refractivity contribution < 1.29 is 4.42 Å². The van der Waals surface area contributed by atoms with Crippen LogP contribution in [-0.2, 0) is 0 Å². The van der Waals surface area contributed by atoms with Gasteiger partial charge in [-0.3, -0.25) is 4.90 Å². The zero-order valence-electron chi connectivity index (χ0n) is 34.2. The van der Waals surface area contributed by atoms with Crippen LogP contribution in [0.15, 0.2) is 222 Å². The third-order valence-corrected chi connectivity index (χ3v) is 12.8. The van der Waals surface area contributed by atoms with E-state index in [-0.39, 0.29) is 12.3 Å². The molecule has 2 unspecified atom stereocenters. The van der Waals surface area contributed by atoms with E-state index in [1.54, 1.807) is 0 Å². The summed E-state index contributed by atoms with van der Waals surface area (Å²) < 4.78 is 6.85. The molecule has 2 heterocycles. The quantitative estimate of drug-likeness (QED) is 0.182. The molecule has 62 heavy (non-hydrogen) atoms. The number of benzene rings is 10. The van der Waals surface area contributed by atoms with Crippen LogP contribution in [0.5, 0.6) is 0 Å². The maximum absolute atomic E-state index is 6.85. The molecule has 12 rings (SSSR count). The molecule has 0 fully saturated rings. The Hall–Kier alpha value is -7.79. The highest BCUT2D eigenvalue weighted by atomic mass is 16.3. The molecule has 1 aliphatic rings. The average molecular weight is 796 g/mol. The highest BCUT2D eigenvalue weighted by Gasteiger charge is 2.33. The van der Waals surface area contributed by atoms with Crippen molar-refractivity contribution in [2.75, 3.05) is 7.05 Å². The van der Waals surface area contributed by atoms with Gasteiger partial charge in [-0.25, -0.2) is 4.99 Å². The molecule has 0 bridgehead atoms. The molecule has 0 amide bonds. The van der Waals surface area contributed by atoms with Crippen molar-refractivity contribution in [1.29, 1.82) is 0 Å². The molecule has 4 heteroatoms. The number of rotatable bonds is 6. The predicted octanol–water partition coefficient (Wildman–Crippen LogP) is 14.7. The fourth-order valence-corrected chi connectivity index (χ4v) is 9.70. The molecule has 1 N–H and O–H groups in total. The van der Waals surface area contributed by atoms with Gasteiger partial charge in [-0.2, -0.15) is 0 Å². The van der Waals surface area contributed by atoms with Crippen molar-refractivity contribution in [2.24, 2.45) is 4.99 Å². The van der Waals surface area contributed by atoms with Gasteiger partial charge in [-0.15, -0.1) is 0 Å². The van der Waals surface area contributed by atoms with E-state index in [4.69, 9.17) is 9.41 Å². The van der Waals surface area contributed by atoms with Gasteiger partial charge in [0, 0.05) is 16.3 Å². The third kappa shape index (κ3) is 6.07. The number of amidine groups is 1. The number of fused-ring (bicyclic) bond motifs is 6. The zero-order valence-corrected chi connectivity index (χ0v) is 34.2. The number of hydrogen-bond donors (Lipinski definition) is 1. The summed E-state index contributed by atoms with van der Waals surface area (Å²) in [7, 11) is 2.18. The maximum Gasteiger partial charge on any atom is 0.136 e. The number of furan rings is 1. The number of aliphatic imine (C=N–C) groups is 1. The highest BCUT2D eigenvalue weighted by Crippen LogP contribution is 2.46. The fourth-order valence-electron chi connectivity index (χ4n) is 9.70. The summed E-state index contributed by atoms with van der Waals surface area (Å²) in [5.41, 5.74) is 12.1. The summed E-state index contributed by atoms with van der Waals surface area (Å²) in [6, 6.07) is 76.3. The van der Waals surface area contributed by atoms with Crippen LogP contribution in [0.1, 0.15) is 29.0 Å². The van der Waals surface area contributed by atoms with Crippen molar-refractivity contribution in [3.63, 3.8) is 0 Å². The van der Waals surface area contributed by atoms with Crippen LogP contribution in [0.25, 0.3) is 87.6 Å². The second-order valence-electron chi connectivity index (χ2n) is 16.4. The lowest BCUT2D eigenvalue weighted by Gasteiger charge is -2.40. The lowest BCUT2D eigenvalue weighted by Crippen LogP contribution is -2.46. The van der Waals surface area contributed by atoms with Crippen molar-refractivity contribution in [1.82, 2.24) is 10.2 Å². The molecule has 0 saturated heterocycles. The molecule has 4 nitrogen and oxygen atoms in total. The first-order chi connectivity index (χ1) is 30.6. The second-order valence-corrected chi connectivity index (χ2v) is 16.4. The Bertz CT molecular complexity index is 3510. The molecular weight excluding hydrogens is 755 g/mol. The predicted molar refractivity (Wildman–Crippen MR) is 258 cm³/mol. The molecule has 10 aromatic carbocycles. The first-order valence-corrected chi connectivity index (χ1v) is 21.3. The monoisotopic (exact) mass is 795 g/mol. The van der Waals surface area contributed by atoms with Crippen molar-refractivity contribution in [3.05, 3.63) is 229 Å². The summed E-state index contributed by atoms with van der Waals surface area (Å²) in [6.45, 7) is 0. The molecule has 0 aliphatic carbocycles. The molecule has 1 aliphatic heterocycles. The Morgan fingerprint density at radius 3 is 1.85 bits per heavy atom. The van der Waals surface area contributed by atoms with E-state index in [1.165, 1.54) is 49.2 Å². The standard InChI is InChI=1S/C58H41N3O/c1-61-57(41-18-6-3-7-19-41)59-56(40-29-27-38(28-30-40)37-15-4-2-5-16-37)60-58(61)50-32-31-49(47-24-12-13-25-48(47)50)51-34-44(46-26-14-22-39-17-10-11-23-45(39)46)36-54-55(51)52-33-42-20-8-9-21-43(42)35-53(52)62-54/h2-36,57-58H,1H3,(H,59,60). The van der Waals surface area contributed by atoms with Gasteiger partial charge in [-0.1, -0.05) is 188 Å². The number of hydrogen-bond acceptors (Lipinski definition) is 4. The van der Waals surface area contributed by atoms with Crippen LogP contribution >= 0.6 is 0 Å². The van der Waals surface area contributed by atoms with Gasteiger partial charge in [0.15, 0.2) is 0 Å². The summed E-state index contributed by atoms with van der Waals surface area (Å²) in [5.74, 6) is 0.872. The minimum absolute atomic E-state index is 0.177. The normalized spacial score (nSPS) is 15.7. The van der Waals surface area contributed by atoms with Crippen molar-refractivity contribution in [2.45, 2.75) is 12.3 Å². The maximum atomic E-state index is 6.85. The van der Waals surface area contributed by atoms with Gasteiger partial charge in [-0.05, 0) is 108 Å². The third-order valence-electron chi connectivity index (χ3n) is 12.8. The smallest absolute Gasteiger partial charge is 0.136 e. The van der Waals surface area contributed by atoms with Gasteiger partial charge in [0.1, 0.15) is 29.3 Å². The molecule has 294 valence electrons. The Balaban J connectivity index is 1.04. The van der Waals surface area contributed by atoms with Crippen LogP contribution in [0, 0.1) is 0 Å². The van der Waals surface area contributed by atoms with Crippen LogP contribution in [-0.4, -0.2) is 17.8 Å². The zero-order chi connectivity index (χ0) is 41.1.